The summed E-state index contributed by atoms with van der Waals surface area (Å²) in [6, 6.07) is 16.8. The molecule has 1 N–H and O–H groups in total. The molecular weight excluding hydrogens is 390 g/mol. The maximum absolute atomic E-state index is 13.2. The molecule has 1 saturated heterocycles. The Labute approximate surface area is 184 Å². The number of nitrogens with one attached hydrogen (secondary N) is 1. The van der Waals surface area contributed by atoms with Crippen molar-refractivity contribution in [2.75, 3.05) is 13.1 Å². The lowest BCUT2D eigenvalue weighted by Gasteiger charge is -2.25. The van der Waals surface area contributed by atoms with Gasteiger partial charge in [0.1, 0.15) is 12.1 Å². The van der Waals surface area contributed by atoms with Crippen LogP contribution in [0.4, 0.5) is 4.79 Å². The molecule has 0 spiro atoms. The second-order valence-corrected chi connectivity index (χ2v) is 9.17. The highest BCUT2D eigenvalue weighted by Crippen LogP contribution is 2.31. The minimum absolute atomic E-state index is 0.0107. The van der Waals surface area contributed by atoms with Gasteiger partial charge in [-0.1, -0.05) is 75.4 Å². The fourth-order valence-electron chi connectivity index (χ4n) is 3.76. The van der Waals surface area contributed by atoms with Gasteiger partial charge in [0.15, 0.2) is 0 Å². The maximum atomic E-state index is 13.2. The molecular formula is C25H31N3O3. The molecule has 6 heteroatoms. The second kappa shape index (κ2) is 8.53. The van der Waals surface area contributed by atoms with E-state index in [2.05, 4.69) is 26.1 Å². The molecule has 2 aromatic rings. The molecule has 2 aromatic carbocycles. The van der Waals surface area contributed by atoms with Crippen LogP contribution in [0.1, 0.15) is 51.3 Å². The van der Waals surface area contributed by atoms with E-state index in [9.17, 15) is 14.4 Å². The summed E-state index contributed by atoms with van der Waals surface area (Å²) in [5, 5.41) is 2.78. The number of imide groups is 1. The predicted octanol–water partition coefficient (Wildman–Crippen LogP) is 3.80. The van der Waals surface area contributed by atoms with E-state index in [0.717, 1.165) is 16.0 Å². The molecule has 1 unspecified atom stereocenters. The number of benzene rings is 2. The summed E-state index contributed by atoms with van der Waals surface area (Å²) < 4.78 is 0. The number of carbonyl (C=O) groups excluding carboxylic acids is 3. The standard InChI is InChI=1S/C25H31N3O3/c1-6-27(16-18-10-8-7-9-11-18)21(29)17-28-22(30)25(5,26-23(28)31)20-14-12-19(13-15-20)24(2,3)4/h7-15H,6,16-17H2,1-5H3,(H,26,31). The highest BCUT2D eigenvalue weighted by molar-refractivity contribution is 6.09. The molecule has 1 aliphatic heterocycles. The summed E-state index contributed by atoms with van der Waals surface area (Å²) in [6.07, 6.45) is 0. The van der Waals surface area contributed by atoms with Crippen LogP contribution in [0.15, 0.2) is 54.6 Å². The largest absolute Gasteiger partial charge is 0.337 e. The molecule has 6 nitrogen and oxygen atoms in total. The predicted molar refractivity (Wildman–Crippen MR) is 120 cm³/mol. The van der Waals surface area contributed by atoms with Crippen molar-refractivity contribution in [3.05, 3.63) is 71.3 Å². The van der Waals surface area contributed by atoms with Crippen LogP contribution in [0, 0.1) is 0 Å². The SMILES string of the molecule is CCN(Cc1ccccc1)C(=O)CN1C(=O)NC(C)(c2ccc(C(C)(C)C)cc2)C1=O. The zero-order valence-electron chi connectivity index (χ0n) is 18.9. The number of nitrogens with zero attached hydrogens (tertiary/aromatic N) is 2. The van der Waals surface area contributed by atoms with Gasteiger partial charge in [0.05, 0.1) is 0 Å². The summed E-state index contributed by atoms with van der Waals surface area (Å²) in [5.74, 6) is -0.674. The summed E-state index contributed by atoms with van der Waals surface area (Å²) in [6.45, 7) is 10.6. The molecule has 0 bridgehead atoms. The number of hydrogen-bond acceptors (Lipinski definition) is 3. The lowest BCUT2D eigenvalue weighted by molar-refractivity contribution is -0.139. The Morgan fingerprint density at radius 1 is 1.03 bits per heavy atom. The second-order valence-electron chi connectivity index (χ2n) is 9.17. The van der Waals surface area contributed by atoms with Crippen molar-refractivity contribution < 1.29 is 14.4 Å². The molecule has 31 heavy (non-hydrogen) atoms. The molecule has 0 saturated carbocycles. The zero-order chi connectivity index (χ0) is 22.8. The molecule has 3 rings (SSSR count). The van der Waals surface area contributed by atoms with E-state index in [-0.39, 0.29) is 17.9 Å². The number of rotatable bonds is 6. The molecule has 1 heterocycles. The van der Waals surface area contributed by atoms with Crippen LogP contribution in [0.5, 0.6) is 0 Å². The Bertz CT molecular complexity index is 964. The van der Waals surface area contributed by atoms with E-state index >= 15 is 0 Å². The Hall–Kier alpha value is -3.15. The first kappa shape index (κ1) is 22.5. The van der Waals surface area contributed by atoms with Crippen LogP contribution in [-0.2, 0) is 27.1 Å². The van der Waals surface area contributed by atoms with Crippen molar-refractivity contribution >= 4 is 17.8 Å². The Morgan fingerprint density at radius 2 is 1.65 bits per heavy atom. The van der Waals surface area contributed by atoms with E-state index in [1.807, 2.05) is 61.5 Å². The highest BCUT2D eigenvalue weighted by atomic mass is 16.2. The average Bonchev–Trinajstić information content (AvgIpc) is 2.96. The van der Waals surface area contributed by atoms with Gasteiger partial charge in [0, 0.05) is 13.1 Å². The highest BCUT2D eigenvalue weighted by Gasteiger charge is 2.49. The van der Waals surface area contributed by atoms with Crippen LogP contribution >= 0.6 is 0 Å². The zero-order valence-corrected chi connectivity index (χ0v) is 18.9. The monoisotopic (exact) mass is 421 g/mol. The Balaban J connectivity index is 1.75. The van der Waals surface area contributed by atoms with Crippen LogP contribution in [-0.4, -0.2) is 40.7 Å². The summed E-state index contributed by atoms with van der Waals surface area (Å²) >= 11 is 0. The molecule has 0 aliphatic carbocycles. The molecule has 1 aliphatic rings. The number of urea groups is 1. The fourth-order valence-corrected chi connectivity index (χ4v) is 3.76. The van der Waals surface area contributed by atoms with Crippen molar-refractivity contribution in [1.29, 1.82) is 0 Å². The third kappa shape index (κ3) is 4.63. The van der Waals surface area contributed by atoms with Gasteiger partial charge in [-0.15, -0.1) is 0 Å². The van der Waals surface area contributed by atoms with Gasteiger partial charge in [0.25, 0.3) is 5.91 Å². The average molecular weight is 422 g/mol. The van der Waals surface area contributed by atoms with Gasteiger partial charge in [-0.2, -0.15) is 0 Å². The van der Waals surface area contributed by atoms with Crippen molar-refractivity contribution in [3.8, 4) is 0 Å². The van der Waals surface area contributed by atoms with Gasteiger partial charge < -0.3 is 10.2 Å². The first-order chi connectivity index (χ1) is 14.6. The quantitative estimate of drug-likeness (QED) is 0.722. The first-order valence-corrected chi connectivity index (χ1v) is 10.6. The molecule has 0 aromatic heterocycles. The smallest absolute Gasteiger partial charge is 0.325 e. The minimum atomic E-state index is -1.19. The summed E-state index contributed by atoms with van der Waals surface area (Å²) in [4.78, 5) is 41.4. The van der Waals surface area contributed by atoms with Crippen molar-refractivity contribution in [3.63, 3.8) is 0 Å². The fraction of sp³-hybridized carbons (Fsp3) is 0.400. The van der Waals surface area contributed by atoms with E-state index in [0.29, 0.717) is 18.7 Å². The van der Waals surface area contributed by atoms with Gasteiger partial charge in [-0.05, 0) is 36.0 Å². The summed E-state index contributed by atoms with van der Waals surface area (Å²) in [7, 11) is 0. The Morgan fingerprint density at radius 3 is 2.19 bits per heavy atom. The molecule has 1 atom stereocenters. The third-order valence-electron chi connectivity index (χ3n) is 5.85. The van der Waals surface area contributed by atoms with E-state index in [1.54, 1.807) is 11.8 Å². The number of hydrogen-bond donors (Lipinski definition) is 1. The number of likely N-dealkylation sites (N-methyl/N-ethyl adjacent to an activating group) is 1. The molecule has 4 amide bonds. The molecule has 164 valence electrons. The molecule has 1 fully saturated rings. The lowest BCUT2D eigenvalue weighted by Crippen LogP contribution is -2.44. The van der Waals surface area contributed by atoms with E-state index in [1.165, 1.54) is 0 Å². The van der Waals surface area contributed by atoms with Crippen LogP contribution in [0.2, 0.25) is 0 Å². The van der Waals surface area contributed by atoms with E-state index in [4.69, 9.17) is 0 Å². The third-order valence-corrected chi connectivity index (χ3v) is 5.85. The van der Waals surface area contributed by atoms with Crippen LogP contribution in [0.3, 0.4) is 0 Å². The van der Waals surface area contributed by atoms with Crippen molar-refractivity contribution in [2.45, 2.75) is 52.1 Å². The van der Waals surface area contributed by atoms with Crippen molar-refractivity contribution in [2.24, 2.45) is 0 Å². The maximum Gasteiger partial charge on any atom is 0.325 e. The van der Waals surface area contributed by atoms with Gasteiger partial charge in [-0.3, -0.25) is 14.5 Å². The topological polar surface area (TPSA) is 69.7 Å². The van der Waals surface area contributed by atoms with Gasteiger partial charge in [-0.25, -0.2) is 4.79 Å². The van der Waals surface area contributed by atoms with Gasteiger partial charge >= 0.3 is 6.03 Å². The normalized spacial score (nSPS) is 18.8. The molecule has 0 radical (unpaired) electrons. The summed E-state index contributed by atoms with van der Waals surface area (Å²) in [5.41, 5.74) is 1.64. The van der Waals surface area contributed by atoms with Crippen LogP contribution < -0.4 is 5.32 Å². The minimum Gasteiger partial charge on any atom is -0.337 e. The number of carbonyl (C=O) groups is 3. The van der Waals surface area contributed by atoms with E-state index < -0.39 is 17.5 Å². The van der Waals surface area contributed by atoms with Crippen LogP contribution in [0.25, 0.3) is 0 Å². The van der Waals surface area contributed by atoms with Crippen molar-refractivity contribution in [1.82, 2.24) is 15.1 Å². The number of amides is 4. The first-order valence-electron chi connectivity index (χ1n) is 10.6. The lowest BCUT2D eigenvalue weighted by atomic mass is 9.84. The van der Waals surface area contributed by atoms with Gasteiger partial charge in [0.2, 0.25) is 5.91 Å². The Kier molecular flexibility index (Phi) is 6.20.